The lowest BCUT2D eigenvalue weighted by atomic mass is 9.77. The molecule has 4 amide bonds. The zero-order valence-corrected chi connectivity index (χ0v) is 28.5. The first kappa shape index (κ1) is 32.2. The molecule has 1 unspecified atom stereocenters. The number of fused-ring (bicyclic) bond motifs is 2. The molecule has 5 heterocycles. The summed E-state index contributed by atoms with van der Waals surface area (Å²) in [7, 11) is 2.19. The molecule has 2 aromatic carbocycles. The van der Waals surface area contributed by atoms with Crippen LogP contribution in [-0.4, -0.2) is 85.9 Å². The van der Waals surface area contributed by atoms with Gasteiger partial charge in [-0.25, -0.2) is 4.98 Å². The fourth-order valence-corrected chi connectivity index (χ4v) is 8.12. The van der Waals surface area contributed by atoms with Crippen molar-refractivity contribution in [1.29, 1.82) is 0 Å². The predicted octanol–water partition coefficient (Wildman–Crippen LogP) is 4.86. The molecule has 4 aromatic rings. The number of nitrogens with zero attached hydrogens (tertiary/aromatic N) is 6. The summed E-state index contributed by atoms with van der Waals surface area (Å²) in [6, 6.07) is 10.9. The molecular weight excluding hydrogens is 632 g/mol. The number of carbonyl (C=O) groups is 4. The third-order valence-corrected chi connectivity index (χ3v) is 11.1. The highest BCUT2D eigenvalue weighted by Gasteiger charge is 2.44. The summed E-state index contributed by atoms with van der Waals surface area (Å²) in [5.74, 6) is -0.835. The summed E-state index contributed by atoms with van der Waals surface area (Å²) in [5, 5.41) is 10.5. The number of aryl methyl sites for hydroxylation is 1. The summed E-state index contributed by atoms with van der Waals surface area (Å²) in [5.41, 5.74) is 7.47. The average Bonchev–Trinajstić information content (AvgIpc) is 3.59. The van der Waals surface area contributed by atoms with E-state index in [2.05, 4.69) is 51.7 Å². The molecule has 50 heavy (non-hydrogen) atoms. The number of para-hydroxylation sites is 1. The lowest BCUT2D eigenvalue weighted by molar-refractivity contribution is -0.136. The normalized spacial score (nSPS) is 22.9. The van der Waals surface area contributed by atoms with E-state index in [1.807, 2.05) is 13.1 Å². The monoisotopic (exact) mass is 674 g/mol. The van der Waals surface area contributed by atoms with Crippen molar-refractivity contribution in [3.05, 3.63) is 71.2 Å². The minimum absolute atomic E-state index is 0.0983. The molecule has 12 nitrogen and oxygen atoms in total. The van der Waals surface area contributed by atoms with Gasteiger partial charge in [-0.2, -0.15) is 5.10 Å². The minimum atomic E-state index is -0.963. The van der Waals surface area contributed by atoms with Crippen LogP contribution in [-0.2, 0) is 9.59 Å². The van der Waals surface area contributed by atoms with Crippen LogP contribution in [0.1, 0.15) is 95.3 Å². The lowest BCUT2D eigenvalue weighted by Crippen LogP contribution is -2.54. The Morgan fingerprint density at radius 3 is 2.56 bits per heavy atom. The number of piperidine rings is 2. The van der Waals surface area contributed by atoms with Crippen molar-refractivity contribution in [2.45, 2.75) is 76.3 Å². The molecule has 3 aliphatic heterocycles. The fraction of sp³-hybridized carbons (Fsp3) is 0.447. The van der Waals surface area contributed by atoms with E-state index in [4.69, 9.17) is 15.1 Å². The molecule has 2 N–H and O–H groups in total. The zero-order valence-electron chi connectivity index (χ0n) is 28.5. The number of likely N-dealkylation sites (tertiary alicyclic amines) is 1. The Bertz CT molecular complexity index is 2010. The third-order valence-electron chi connectivity index (χ3n) is 11.1. The smallest absolute Gasteiger partial charge is 0.262 e. The summed E-state index contributed by atoms with van der Waals surface area (Å²) in [6.45, 7) is 5.01. The molecule has 1 saturated carbocycles. The number of amides is 4. The molecule has 4 aliphatic rings. The maximum atomic E-state index is 13.1. The molecule has 1 atom stereocenters. The van der Waals surface area contributed by atoms with Crippen LogP contribution in [0.2, 0.25) is 0 Å². The second kappa shape index (κ2) is 13.1. The van der Waals surface area contributed by atoms with Crippen molar-refractivity contribution < 1.29 is 19.2 Å². The van der Waals surface area contributed by atoms with Crippen molar-refractivity contribution in [1.82, 2.24) is 34.9 Å². The summed E-state index contributed by atoms with van der Waals surface area (Å²) in [4.78, 5) is 63.3. The first-order valence-electron chi connectivity index (χ1n) is 17.8. The number of benzene rings is 2. The average molecular weight is 675 g/mol. The fourth-order valence-electron chi connectivity index (χ4n) is 8.12. The second-order valence-electron chi connectivity index (χ2n) is 14.4. The van der Waals surface area contributed by atoms with Crippen LogP contribution >= 0.6 is 0 Å². The summed E-state index contributed by atoms with van der Waals surface area (Å²) >= 11 is 0. The number of carbonyl (C=O) groups excluding carboxylic acids is 4. The maximum absolute atomic E-state index is 13.1. The first-order chi connectivity index (χ1) is 24.2. The molecule has 0 radical (unpaired) electrons. The number of anilines is 1. The highest BCUT2D eigenvalue weighted by atomic mass is 16.2. The van der Waals surface area contributed by atoms with Gasteiger partial charge in [0.1, 0.15) is 6.04 Å². The second-order valence-corrected chi connectivity index (χ2v) is 14.4. The first-order valence-corrected chi connectivity index (χ1v) is 17.8. The Labute approximate surface area is 290 Å². The molecule has 2 saturated heterocycles. The van der Waals surface area contributed by atoms with Gasteiger partial charge in [0.2, 0.25) is 11.8 Å². The molecule has 258 valence electrons. The van der Waals surface area contributed by atoms with Gasteiger partial charge in [-0.15, -0.1) is 0 Å². The van der Waals surface area contributed by atoms with Gasteiger partial charge in [0.05, 0.1) is 45.8 Å². The highest BCUT2D eigenvalue weighted by molar-refractivity contribution is 6.23. The molecule has 2 aromatic heterocycles. The van der Waals surface area contributed by atoms with E-state index < -0.39 is 23.8 Å². The topological polar surface area (TPSA) is 142 Å². The van der Waals surface area contributed by atoms with Crippen LogP contribution in [0.15, 0.2) is 48.8 Å². The van der Waals surface area contributed by atoms with Crippen LogP contribution < -0.4 is 10.6 Å². The molecule has 0 spiro atoms. The standard InChI is InChI=1S/C38H42N8O4/c1-22-30(32-20-40-35-27(6-3-7-31(35)41-32)24-12-15-44(2)16-13-24)21-45(43-22)26-17-23(18-26)5-4-14-39-25-8-9-28-29(19-25)38(50)46(37(28)49)33-10-11-34(47)42-36(33)48/h3,6-9,19-21,23-24,26,33,39H,4-5,10-18H2,1-2H3,(H,42,47,48). The van der Waals surface area contributed by atoms with Gasteiger partial charge in [-0.1, -0.05) is 12.1 Å². The van der Waals surface area contributed by atoms with Crippen LogP contribution in [0.4, 0.5) is 5.69 Å². The maximum Gasteiger partial charge on any atom is 0.262 e. The Hall–Kier alpha value is -4.97. The van der Waals surface area contributed by atoms with Gasteiger partial charge in [-0.3, -0.25) is 39.1 Å². The number of imide groups is 2. The van der Waals surface area contributed by atoms with E-state index in [0.717, 1.165) is 96.7 Å². The predicted molar refractivity (Wildman–Crippen MR) is 188 cm³/mol. The summed E-state index contributed by atoms with van der Waals surface area (Å²) in [6.07, 6.45) is 10.8. The van der Waals surface area contributed by atoms with Crippen molar-refractivity contribution >= 4 is 40.3 Å². The SMILES string of the molecule is Cc1nn(C2CC(CCCNc3ccc4c(c3)C(=O)N(C3CCC(=O)NC3=O)C4=O)C2)cc1-c1cnc2c(C3CCN(C)CC3)cccc2n1. The molecule has 12 heteroatoms. The molecule has 8 rings (SSSR count). The Balaban J connectivity index is 0.834. The van der Waals surface area contributed by atoms with Gasteiger partial charge in [0, 0.05) is 30.4 Å². The number of rotatable bonds is 9. The van der Waals surface area contributed by atoms with E-state index >= 15 is 0 Å². The van der Waals surface area contributed by atoms with E-state index in [1.165, 1.54) is 5.56 Å². The van der Waals surface area contributed by atoms with E-state index in [1.54, 1.807) is 18.2 Å². The largest absolute Gasteiger partial charge is 0.385 e. The van der Waals surface area contributed by atoms with Crippen molar-refractivity contribution in [2.24, 2.45) is 5.92 Å². The van der Waals surface area contributed by atoms with Crippen LogP contribution in [0.3, 0.4) is 0 Å². The molecule has 1 aliphatic carbocycles. The van der Waals surface area contributed by atoms with Gasteiger partial charge in [-0.05, 0) is 114 Å². The highest BCUT2D eigenvalue weighted by Crippen LogP contribution is 2.41. The number of nitrogens with one attached hydrogen (secondary N) is 2. The van der Waals surface area contributed by atoms with Crippen LogP contribution in [0, 0.1) is 12.8 Å². The van der Waals surface area contributed by atoms with E-state index in [0.29, 0.717) is 17.9 Å². The quantitative estimate of drug-likeness (QED) is 0.188. The minimum Gasteiger partial charge on any atom is -0.385 e. The molecule has 3 fully saturated rings. The van der Waals surface area contributed by atoms with Gasteiger partial charge in [0.25, 0.3) is 11.8 Å². The zero-order chi connectivity index (χ0) is 34.5. The van der Waals surface area contributed by atoms with Crippen LogP contribution in [0.25, 0.3) is 22.3 Å². The summed E-state index contributed by atoms with van der Waals surface area (Å²) < 4.78 is 2.11. The van der Waals surface area contributed by atoms with E-state index in [-0.39, 0.29) is 29.9 Å². The molecular formula is C38H42N8O4. The van der Waals surface area contributed by atoms with E-state index in [9.17, 15) is 19.2 Å². The van der Waals surface area contributed by atoms with Crippen molar-refractivity contribution in [3.63, 3.8) is 0 Å². The van der Waals surface area contributed by atoms with Crippen LogP contribution in [0.5, 0.6) is 0 Å². The van der Waals surface area contributed by atoms with Gasteiger partial charge < -0.3 is 10.2 Å². The van der Waals surface area contributed by atoms with Crippen molar-refractivity contribution in [3.8, 4) is 11.3 Å². The van der Waals surface area contributed by atoms with Gasteiger partial charge in [0.15, 0.2) is 0 Å². The van der Waals surface area contributed by atoms with Gasteiger partial charge >= 0.3 is 0 Å². The molecule has 0 bridgehead atoms. The lowest BCUT2D eigenvalue weighted by Gasteiger charge is -2.35. The number of hydrogen-bond donors (Lipinski definition) is 2. The van der Waals surface area contributed by atoms with Crippen molar-refractivity contribution in [2.75, 3.05) is 32.0 Å². The third kappa shape index (κ3) is 5.95. The number of aromatic nitrogens is 4. The Kier molecular flexibility index (Phi) is 8.42. The Morgan fingerprint density at radius 1 is 0.960 bits per heavy atom. The Morgan fingerprint density at radius 2 is 1.76 bits per heavy atom. The number of hydrogen-bond acceptors (Lipinski definition) is 9.